The third-order valence-corrected chi connectivity index (χ3v) is 11.0. The van der Waals surface area contributed by atoms with Crippen LogP contribution in [0.4, 0.5) is 0 Å². The molecule has 0 aliphatic carbocycles. The van der Waals surface area contributed by atoms with Crippen molar-refractivity contribution in [2.24, 2.45) is 0 Å². The molecule has 3 aromatic rings. The largest absolute Gasteiger partial charge is 0.494 e. The maximum atomic E-state index is 12.8. The van der Waals surface area contributed by atoms with Crippen molar-refractivity contribution in [2.75, 3.05) is 172 Å². The summed E-state index contributed by atoms with van der Waals surface area (Å²) >= 11 is 0. The van der Waals surface area contributed by atoms with E-state index in [1.54, 1.807) is 36.4 Å². The van der Waals surface area contributed by atoms with Crippen LogP contribution >= 0.6 is 0 Å². The molecule has 18 nitrogen and oxygen atoms in total. The van der Waals surface area contributed by atoms with E-state index in [-0.39, 0.29) is 12.6 Å². The van der Waals surface area contributed by atoms with Crippen LogP contribution < -0.4 is 14.2 Å². The third-order valence-electron chi connectivity index (χ3n) is 11.0. The average Bonchev–Trinajstić information content (AvgIpc) is 3.44. The minimum Gasteiger partial charge on any atom is -0.494 e. The van der Waals surface area contributed by atoms with Gasteiger partial charge in [-0.3, -0.25) is 0 Å². The zero-order valence-electron chi connectivity index (χ0n) is 45.1. The van der Waals surface area contributed by atoms with Gasteiger partial charge in [-0.2, -0.15) is 0 Å². The molecule has 1 N–H and O–H groups in total. The fourth-order valence-corrected chi connectivity index (χ4v) is 6.94. The van der Waals surface area contributed by atoms with Gasteiger partial charge in [-0.1, -0.05) is 82.2 Å². The van der Waals surface area contributed by atoms with Gasteiger partial charge in [0.15, 0.2) is 0 Å². The summed E-state index contributed by atoms with van der Waals surface area (Å²) < 4.78 is 82.5. The number of carbonyl (C=O) groups excluding carboxylic acids is 2. The van der Waals surface area contributed by atoms with Crippen molar-refractivity contribution in [1.29, 1.82) is 0 Å². The molecule has 76 heavy (non-hydrogen) atoms. The Morgan fingerprint density at radius 1 is 0.342 bits per heavy atom. The molecule has 0 saturated heterocycles. The Balaban J connectivity index is 1.04. The van der Waals surface area contributed by atoms with Crippen LogP contribution in [0.25, 0.3) is 11.1 Å². The van der Waals surface area contributed by atoms with E-state index in [9.17, 15) is 9.59 Å². The van der Waals surface area contributed by atoms with Gasteiger partial charge in [0.1, 0.15) is 23.9 Å². The molecule has 3 aromatic carbocycles. The second-order valence-corrected chi connectivity index (χ2v) is 17.0. The number of rotatable bonds is 54. The summed E-state index contributed by atoms with van der Waals surface area (Å²) in [5.41, 5.74) is 2.45. The van der Waals surface area contributed by atoms with Crippen LogP contribution in [0.15, 0.2) is 85.5 Å². The van der Waals surface area contributed by atoms with Crippen LogP contribution in [0.5, 0.6) is 17.2 Å². The van der Waals surface area contributed by atoms with Crippen LogP contribution in [0.2, 0.25) is 0 Å². The normalized spacial score (nSPS) is 11.2. The van der Waals surface area contributed by atoms with Crippen LogP contribution in [0.3, 0.4) is 0 Å². The highest BCUT2D eigenvalue weighted by Gasteiger charge is 2.10. The first-order chi connectivity index (χ1) is 37.6. The van der Waals surface area contributed by atoms with Crippen LogP contribution in [-0.4, -0.2) is 189 Å². The van der Waals surface area contributed by atoms with Crippen molar-refractivity contribution in [1.82, 2.24) is 0 Å². The first-order valence-corrected chi connectivity index (χ1v) is 27.1. The van der Waals surface area contributed by atoms with Crippen LogP contribution in [0.1, 0.15) is 74.6 Å². The van der Waals surface area contributed by atoms with Gasteiger partial charge >= 0.3 is 11.9 Å². The SMILES string of the molecule is C=CC(=O)OCCCCCCCCCCCCOc1ccc(C(=O)Oc2ccc(-c3ccc(OCCOCCOCCOCCOCCOCCOCCOCCOCCOCCOCCOCCO)cc3)cc2)cc1. The predicted octanol–water partition coefficient (Wildman–Crippen LogP) is 8.14. The smallest absolute Gasteiger partial charge is 0.343 e. The highest BCUT2D eigenvalue weighted by molar-refractivity contribution is 5.91. The van der Waals surface area contributed by atoms with E-state index in [2.05, 4.69) is 6.58 Å². The monoisotopic (exact) mass is 1070 g/mol. The summed E-state index contributed by atoms with van der Waals surface area (Å²) in [5, 5.41) is 8.62. The number of hydrogen-bond donors (Lipinski definition) is 1. The van der Waals surface area contributed by atoms with Crippen molar-refractivity contribution in [2.45, 2.75) is 64.2 Å². The second-order valence-electron chi connectivity index (χ2n) is 17.0. The molecular weight excluding hydrogens is 985 g/mol. The number of hydrogen-bond acceptors (Lipinski definition) is 18. The van der Waals surface area contributed by atoms with E-state index in [1.807, 2.05) is 36.4 Å². The lowest BCUT2D eigenvalue weighted by Gasteiger charge is -2.10. The van der Waals surface area contributed by atoms with E-state index in [0.29, 0.717) is 176 Å². The molecule has 18 heteroatoms. The molecule has 0 heterocycles. The van der Waals surface area contributed by atoms with E-state index in [1.165, 1.54) is 44.6 Å². The quantitative estimate of drug-likeness (QED) is 0.0246. The number of aliphatic hydroxyl groups excluding tert-OH is 1. The van der Waals surface area contributed by atoms with Gasteiger partial charge in [0.25, 0.3) is 0 Å². The summed E-state index contributed by atoms with van der Waals surface area (Å²) in [4.78, 5) is 23.9. The molecule has 0 spiro atoms. The molecule has 0 aromatic heterocycles. The van der Waals surface area contributed by atoms with Crippen molar-refractivity contribution < 1.29 is 85.7 Å². The molecule has 0 unspecified atom stereocenters. The Hall–Kier alpha value is -4.54. The van der Waals surface area contributed by atoms with Crippen molar-refractivity contribution >= 4 is 11.9 Å². The number of unbranched alkanes of at least 4 members (excludes halogenated alkanes) is 9. The molecular formula is C58H88O18. The van der Waals surface area contributed by atoms with Crippen LogP contribution in [-0.2, 0) is 61.6 Å². The topological polar surface area (TPSA) is 193 Å². The lowest BCUT2D eigenvalue weighted by atomic mass is 10.1. The minimum absolute atomic E-state index is 0.0168. The maximum absolute atomic E-state index is 12.8. The molecule has 0 bridgehead atoms. The van der Waals surface area contributed by atoms with Gasteiger partial charge in [-0.15, -0.1) is 0 Å². The average molecular weight is 1070 g/mol. The third kappa shape index (κ3) is 37.3. The lowest BCUT2D eigenvalue weighted by Crippen LogP contribution is -2.15. The lowest BCUT2D eigenvalue weighted by molar-refractivity contribution is -0.137. The number of ether oxygens (including phenoxy) is 15. The summed E-state index contributed by atoms with van der Waals surface area (Å²) in [7, 11) is 0. The minimum atomic E-state index is -0.427. The molecule has 0 aliphatic heterocycles. The van der Waals surface area contributed by atoms with Gasteiger partial charge in [-0.25, -0.2) is 9.59 Å². The zero-order chi connectivity index (χ0) is 53.9. The Bertz CT molecular complexity index is 1800. The fourth-order valence-electron chi connectivity index (χ4n) is 6.94. The van der Waals surface area contributed by atoms with Gasteiger partial charge in [0.2, 0.25) is 0 Å². The standard InChI is InChI=1S/C58H88O18/c1-2-57(60)75-27-12-10-8-6-4-3-5-7-9-11-26-73-54-21-17-53(18-22-54)58(61)76-56-23-15-52(16-24-56)51-13-19-55(20-14-51)74-50-49-72-48-47-71-46-45-70-44-43-69-42-41-68-40-39-67-38-37-66-36-35-65-34-33-64-32-31-63-30-29-62-28-25-59/h2,13-24,59H,1,3-12,25-50H2. The number of esters is 2. The van der Waals surface area contributed by atoms with Crippen LogP contribution in [0, 0.1) is 0 Å². The Morgan fingerprint density at radius 3 is 0.987 bits per heavy atom. The molecule has 0 saturated carbocycles. The maximum Gasteiger partial charge on any atom is 0.343 e. The first kappa shape index (κ1) is 65.7. The summed E-state index contributed by atoms with van der Waals surface area (Å²) in [6.07, 6.45) is 12.6. The summed E-state index contributed by atoms with van der Waals surface area (Å²) in [6, 6.07) is 22.3. The molecule has 0 amide bonds. The highest BCUT2D eigenvalue weighted by atomic mass is 16.6. The summed E-state index contributed by atoms with van der Waals surface area (Å²) in [5.74, 6) is 1.17. The molecule has 428 valence electrons. The number of carbonyl (C=O) groups is 2. The van der Waals surface area contributed by atoms with Gasteiger partial charge < -0.3 is 76.2 Å². The Labute approximate surface area is 451 Å². The Morgan fingerprint density at radius 2 is 0.632 bits per heavy atom. The van der Waals surface area contributed by atoms with Crippen molar-refractivity contribution in [3.8, 4) is 28.4 Å². The van der Waals surface area contributed by atoms with E-state index in [4.69, 9.17) is 76.2 Å². The van der Waals surface area contributed by atoms with Gasteiger partial charge in [-0.05, 0) is 72.5 Å². The zero-order valence-corrected chi connectivity index (χ0v) is 45.1. The molecule has 0 aliphatic rings. The Kier molecular flexibility index (Phi) is 42.2. The van der Waals surface area contributed by atoms with Crippen molar-refractivity contribution in [3.05, 3.63) is 91.0 Å². The number of benzene rings is 3. The highest BCUT2D eigenvalue weighted by Crippen LogP contribution is 2.25. The molecule has 3 rings (SSSR count). The molecule has 0 radical (unpaired) electrons. The summed E-state index contributed by atoms with van der Waals surface area (Å²) in [6.45, 7) is 15.3. The van der Waals surface area contributed by atoms with Crippen molar-refractivity contribution in [3.63, 3.8) is 0 Å². The molecule has 0 atom stereocenters. The predicted molar refractivity (Wildman–Crippen MR) is 288 cm³/mol. The molecule has 0 fully saturated rings. The van der Waals surface area contributed by atoms with E-state index >= 15 is 0 Å². The van der Waals surface area contributed by atoms with E-state index < -0.39 is 5.97 Å². The van der Waals surface area contributed by atoms with Gasteiger partial charge in [0.05, 0.1) is 171 Å². The van der Waals surface area contributed by atoms with Gasteiger partial charge in [0, 0.05) is 6.08 Å². The first-order valence-electron chi connectivity index (χ1n) is 27.1. The number of aliphatic hydroxyl groups is 1. The second kappa shape index (κ2) is 48.8. The van der Waals surface area contributed by atoms with E-state index in [0.717, 1.165) is 48.3 Å². The fraction of sp³-hybridized carbons (Fsp3) is 0.621.